The van der Waals surface area contributed by atoms with Gasteiger partial charge >= 0.3 is 0 Å². The molecule has 1 aliphatic rings. The van der Waals surface area contributed by atoms with E-state index in [0.717, 1.165) is 31.5 Å². The van der Waals surface area contributed by atoms with Gasteiger partial charge in [0.1, 0.15) is 5.69 Å². The molecule has 0 bridgehead atoms. The molecule has 1 atom stereocenters. The van der Waals surface area contributed by atoms with Crippen LogP contribution in [0.5, 0.6) is 0 Å². The molecule has 0 aromatic carbocycles. The Morgan fingerprint density at radius 1 is 1.58 bits per heavy atom. The van der Waals surface area contributed by atoms with E-state index in [9.17, 15) is 4.79 Å². The molecule has 1 saturated heterocycles. The lowest BCUT2D eigenvalue weighted by Gasteiger charge is -2.23. The van der Waals surface area contributed by atoms with Gasteiger partial charge in [0.05, 0.1) is 16.7 Å². The monoisotopic (exact) mass is 280 g/mol. The van der Waals surface area contributed by atoms with Gasteiger partial charge in [0.15, 0.2) is 0 Å². The molecule has 0 saturated carbocycles. The predicted molar refractivity (Wildman–Crippen MR) is 78.1 cm³/mol. The van der Waals surface area contributed by atoms with E-state index < -0.39 is 0 Å². The van der Waals surface area contributed by atoms with Gasteiger partial charge < -0.3 is 10.6 Å². The number of hydrogen-bond donors (Lipinski definition) is 1. The maximum Gasteiger partial charge on any atom is 0.272 e. The van der Waals surface area contributed by atoms with Gasteiger partial charge in [0.25, 0.3) is 5.91 Å². The Morgan fingerprint density at radius 2 is 2.32 bits per heavy atom. The van der Waals surface area contributed by atoms with Crippen LogP contribution in [0.1, 0.15) is 42.9 Å². The van der Waals surface area contributed by atoms with Crippen LogP contribution in [0, 0.1) is 0 Å². The van der Waals surface area contributed by atoms with Crippen molar-refractivity contribution in [1.82, 2.24) is 14.7 Å². The Balaban J connectivity index is 2.28. The van der Waals surface area contributed by atoms with Crippen molar-refractivity contribution >= 4 is 23.1 Å². The second-order valence-corrected chi connectivity index (χ2v) is 5.22. The van der Waals surface area contributed by atoms with Gasteiger partial charge in [-0.05, 0) is 32.3 Å². The summed E-state index contributed by atoms with van der Waals surface area (Å²) in [7, 11) is 0. The number of aryl methyl sites for hydroxylation is 2. The normalized spacial score (nSPS) is 18.8. The average Bonchev–Trinajstić information content (AvgIpc) is 3.04. The third kappa shape index (κ3) is 2.63. The number of aromatic nitrogens is 2. The fraction of sp³-hybridized carbons (Fsp3) is 0.615. The molecular weight excluding hydrogens is 260 g/mol. The van der Waals surface area contributed by atoms with Crippen LogP contribution in [0.3, 0.4) is 0 Å². The second-order valence-electron chi connectivity index (χ2n) is 4.75. The first kappa shape index (κ1) is 14.0. The third-order valence-corrected chi connectivity index (χ3v) is 3.83. The van der Waals surface area contributed by atoms with Crippen molar-refractivity contribution in [3.63, 3.8) is 0 Å². The Labute approximate surface area is 118 Å². The molecule has 6 heteroatoms. The topological polar surface area (TPSA) is 64.2 Å². The Bertz CT molecular complexity index is 497. The first-order chi connectivity index (χ1) is 9.08. The standard InChI is InChI=1S/C13H20N4OS/c1-3-9-8-11(17(4-2)15-9)13(18)16-7-5-6-10(16)12(14)19/h8,10H,3-7H2,1-2H3,(H2,14,19). The van der Waals surface area contributed by atoms with Gasteiger partial charge in [0, 0.05) is 13.1 Å². The van der Waals surface area contributed by atoms with E-state index in [0.29, 0.717) is 17.2 Å². The minimum Gasteiger partial charge on any atom is -0.392 e. The number of carbonyl (C=O) groups is 1. The lowest BCUT2D eigenvalue weighted by Crippen LogP contribution is -2.43. The smallest absolute Gasteiger partial charge is 0.272 e. The first-order valence-electron chi connectivity index (χ1n) is 6.75. The quantitative estimate of drug-likeness (QED) is 0.846. The highest BCUT2D eigenvalue weighted by molar-refractivity contribution is 7.80. The van der Waals surface area contributed by atoms with Crippen molar-refractivity contribution in [1.29, 1.82) is 0 Å². The average molecular weight is 280 g/mol. The Hall–Kier alpha value is -1.43. The maximum absolute atomic E-state index is 12.6. The maximum atomic E-state index is 12.6. The summed E-state index contributed by atoms with van der Waals surface area (Å²) >= 11 is 5.05. The van der Waals surface area contributed by atoms with Crippen molar-refractivity contribution in [3.8, 4) is 0 Å². The summed E-state index contributed by atoms with van der Waals surface area (Å²) in [5.74, 6) is -0.00986. The lowest BCUT2D eigenvalue weighted by molar-refractivity contribution is 0.0758. The third-order valence-electron chi connectivity index (χ3n) is 3.55. The summed E-state index contributed by atoms with van der Waals surface area (Å²) in [6.07, 6.45) is 2.64. The van der Waals surface area contributed by atoms with Crippen LogP contribution in [0.25, 0.3) is 0 Å². The highest BCUT2D eigenvalue weighted by Crippen LogP contribution is 2.21. The van der Waals surface area contributed by atoms with Crippen LogP contribution < -0.4 is 5.73 Å². The number of likely N-dealkylation sites (tertiary alicyclic amines) is 1. The van der Waals surface area contributed by atoms with E-state index >= 15 is 0 Å². The van der Waals surface area contributed by atoms with E-state index in [1.807, 2.05) is 19.9 Å². The summed E-state index contributed by atoms with van der Waals surface area (Å²) in [6.45, 7) is 5.42. The van der Waals surface area contributed by atoms with Crippen molar-refractivity contribution in [2.75, 3.05) is 6.54 Å². The summed E-state index contributed by atoms with van der Waals surface area (Å²) in [5.41, 5.74) is 7.30. The second kappa shape index (κ2) is 5.69. The summed E-state index contributed by atoms with van der Waals surface area (Å²) in [5, 5.41) is 4.41. The molecule has 5 nitrogen and oxygen atoms in total. The van der Waals surface area contributed by atoms with Gasteiger partial charge in [0.2, 0.25) is 0 Å². The minimum absolute atomic E-state index is 0.00986. The van der Waals surface area contributed by atoms with E-state index in [-0.39, 0.29) is 11.9 Å². The summed E-state index contributed by atoms with van der Waals surface area (Å²) in [4.78, 5) is 14.8. The molecule has 0 aliphatic carbocycles. The zero-order valence-electron chi connectivity index (χ0n) is 11.4. The number of thiocarbonyl (C=S) groups is 1. The van der Waals surface area contributed by atoms with Crippen molar-refractivity contribution in [2.24, 2.45) is 5.73 Å². The molecule has 1 aliphatic heterocycles. The van der Waals surface area contributed by atoms with Gasteiger partial charge in [-0.3, -0.25) is 9.48 Å². The molecule has 2 heterocycles. The van der Waals surface area contributed by atoms with E-state index in [1.165, 1.54) is 0 Å². The summed E-state index contributed by atoms with van der Waals surface area (Å²) in [6, 6.07) is 1.77. The summed E-state index contributed by atoms with van der Waals surface area (Å²) < 4.78 is 1.76. The molecule has 0 radical (unpaired) electrons. The molecule has 104 valence electrons. The van der Waals surface area contributed by atoms with Gasteiger partial charge in [-0.25, -0.2) is 0 Å². The van der Waals surface area contributed by atoms with Gasteiger partial charge in [-0.2, -0.15) is 5.10 Å². The molecule has 2 N–H and O–H groups in total. The number of nitrogens with zero attached hydrogens (tertiary/aromatic N) is 3. The zero-order valence-corrected chi connectivity index (χ0v) is 12.2. The largest absolute Gasteiger partial charge is 0.392 e. The number of nitrogens with two attached hydrogens (primary N) is 1. The fourth-order valence-corrected chi connectivity index (χ4v) is 2.75. The zero-order chi connectivity index (χ0) is 14.0. The van der Waals surface area contributed by atoms with Crippen molar-refractivity contribution in [3.05, 3.63) is 17.5 Å². The van der Waals surface area contributed by atoms with Crippen LogP contribution in [0.15, 0.2) is 6.07 Å². The lowest BCUT2D eigenvalue weighted by atomic mass is 10.2. The molecule has 1 unspecified atom stereocenters. The van der Waals surface area contributed by atoms with Gasteiger partial charge in [-0.15, -0.1) is 0 Å². The number of carbonyl (C=O) groups excluding carboxylic acids is 1. The molecule has 1 fully saturated rings. The molecule has 19 heavy (non-hydrogen) atoms. The highest BCUT2D eigenvalue weighted by atomic mass is 32.1. The van der Waals surface area contributed by atoms with Crippen LogP contribution in [0.2, 0.25) is 0 Å². The van der Waals surface area contributed by atoms with Crippen molar-refractivity contribution < 1.29 is 4.79 Å². The molecule has 1 amide bonds. The molecule has 1 aromatic rings. The van der Waals surface area contributed by atoms with E-state index in [4.69, 9.17) is 18.0 Å². The van der Waals surface area contributed by atoms with E-state index in [1.54, 1.807) is 9.58 Å². The SMILES string of the molecule is CCc1cc(C(=O)N2CCCC2C(N)=S)n(CC)n1. The van der Waals surface area contributed by atoms with Crippen LogP contribution >= 0.6 is 12.2 Å². The first-order valence-corrected chi connectivity index (χ1v) is 7.16. The number of hydrogen-bond acceptors (Lipinski definition) is 3. The molecule has 2 rings (SSSR count). The highest BCUT2D eigenvalue weighted by Gasteiger charge is 2.32. The van der Waals surface area contributed by atoms with E-state index in [2.05, 4.69) is 5.10 Å². The predicted octanol–water partition coefficient (Wildman–Crippen LogP) is 1.36. The molecule has 1 aromatic heterocycles. The van der Waals surface area contributed by atoms with Crippen LogP contribution in [0.4, 0.5) is 0 Å². The molecule has 0 spiro atoms. The Morgan fingerprint density at radius 3 is 2.89 bits per heavy atom. The molecular formula is C13H20N4OS. The fourth-order valence-electron chi connectivity index (χ4n) is 2.51. The van der Waals surface area contributed by atoms with Gasteiger partial charge in [-0.1, -0.05) is 19.1 Å². The number of rotatable bonds is 4. The van der Waals surface area contributed by atoms with Crippen molar-refractivity contribution in [2.45, 2.75) is 45.7 Å². The minimum atomic E-state index is -0.104. The Kier molecular flexibility index (Phi) is 4.19. The van der Waals surface area contributed by atoms with Crippen LogP contribution in [-0.2, 0) is 13.0 Å². The van der Waals surface area contributed by atoms with Crippen LogP contribution in [-0.4, -0.2) is 38.2 Å². The number of amides is 1.